The topological polar surface area (TPSA) is 50.7 Å². The predicted molar refractivity (Wildman–Crippen MR) is 72.0 cm³/mol. The first kappa shape index (κ1) is 12.6. The summed E-state index contributed by atoms with van der Waals surface area (Å²) in [5.41, 5.74) is 2.96. The number of aryl methyl sites for hydroxylation is 1. The van der Waals surface area contributed by atoms with Crippen molar-refractivity contribution in [1.82, 2.24) is 20.3 Å². The fourth-order valence-electron chi connectivity index (χ4n) is 1.74. The summed E-state index contributed by atoms with van der Waals surface area (Å²) in [6.07, 6.45) is 4.67. The number of nitrogens with zero attached hydrogens (tertiary/aromatic N) is 3. The molecule has 4 heteroatoms. The normalized spacial score (nSPS) is 10.6. The van der Waals surface area contributed by atoms with Gasteiger partial charge in [-0.15, -0.1) is 0 Å². The van der Waals surface area contributed by atoms with E-state index in [-0.39, 0.29) is 0 Å². The van der Waals surface area contributed by atoms with Gasteiger partial charge in [0.15, 0.2) is 5.82 Å². The van der Waals surface area contributed by atoms with Crippen LogP contribution in [0.2, 0.25) is 0 Å². The molecule has 0 radical (unpaired) electrons. The van der Waals surface area contributed by atoms with Crippen LogP contribution in [-0.4, -0.2) is 21.5 Å². The highest BCUT2D eigenvalue weighted by Crippen LogP contribution is 2.14. The van der Waals surface area contributed by atoms with Gasteiger partial charge in [-0.25, -0.2) is 9.97 Å². The Kier molecular flexibility index (Phi) is 4.36. The molecule has 1 N–H and O–H groups in total. The molecule has 0 aliphatic rings. The van der Waals surface area contributed by atoms with E-state index in [1.807, 2.05) is 25.1 Å². The van der Waals surface area contributed by atoms with Gasteiger partial charge < -0.3 is 5.32 Å². The van der Waals surface area contributed by atoms with E-state index in [4.69, 9.17) is 0 Å². The molecule has 0 aliphatic heterocycles. The summed E-state index contributed by atoms with van der Waals surface area (Å²) in [4.78, 5) is 13.1. The first-order valence-corrected chi connectivity index (χ1v) is 6.25. The third-order valence-corrected chi connectivity index (χ3v) is 2.56. The lowest BCUT2D eigenvalue weighted by atomic mass is 10.2. The van der Waals surface area contributed by atoms with Crippen LogP contribution < -0.4 is 5.32 Å². The molecule has 0 spiro atoms. The summed E-state index contributed by atoms with van der Waals surface area (Å²) in [6, 6.07) is 5.89. The number of nitrogens with one attached hydrogen (secondary N) is 1. The van der Waals surface area contributed by atoms with Gasteiger partial charge in [0.2, 0.25) is 0 Å². The van der Waals surface area contributed by atoms with E-state index in [0.29, 0.717) is 0 Å². The van der Waals surface area contributed by atoms with Crippen LogP contribution in [-0.2, 0) is 6.54 Å². The Bertz CT molecular complexity index is 496. The monoisotopic (exact) mass is 242 g/mol. The van der Waals surface area contributed by atoms with Gasteiger partial charge in [0.05, 0.1) is 5.69 Å². The van der Waals surface area contributed by atoms with Gasteiger partial charge in [-0.05, 0) is 38.1 Å². The summed E-state index contributed by atoms with van der Waals surface area (Å²) in [7, 11) is 0. The highest BCUT2D eigenvalue weighted by atomic mass is 14.9. The summed E-state index contributed by atoms with van der Waals surface area (Å²) in [5, 5.41) is 3.35. The minimum absolute atomic E-state index is 0.747. The van der Waals surface area contributed by atoms with Crippen molar-refractivity contribution in [3.05, 3.63) is 42.0 Å². The Morgan fingerprint density at radius 2 is 2.17 bits per heavy atom. The van der Waals surface area contributed by atoms with E-state index in [1.165, 1.54) is 0 Å². The minimum Gasteiger partial charge on any atom is -0.311 e. The minimum atomic E-state index is 0.747. The van der Waals surface area contributed by atoms with Crippen LogP contribution in [0.4, 0.5) is 0 Å². The van der Waals surface area contributed by atoms with Crippen molar-refractivity contribution in [2.75, 3.05) is 6.54 Å². The lowest BCUT2D eigenvalue weighted by Crippen LogP contribution is -2.15. The molecule has 0 amide bonds. The van der Waals surface area contributed by atoms with E-state index >= 15 is 0 Å². The molecule has 0 aromatic carbocycles. The molecule has 0 saturated carbocycles. The number of hydrogen-bond donors (Lipinski definition) is 1. The average Bonchev–Trinajstić information content (AvgIpc) is 2.39. The zero-order valence-electron chi connectivity index (χ0n) is 10.8. The number of rotatable bonds is 5. The lowest BCUT2D eigenvalue weighted by molar-refractivity contribution is 0.662. The van der Waals surface area contributed by atoms with Crippen molar-refractivity contribution in [2.24, 2.45) is 0 Å². The SMILES string of the molecule is CCCNCc1cc(C)nc(-c2cccnc2)n1. The maximum atomic E-state index is 4.56. The van der Waals surface area contributed by atoms with Gasteiger partial charge >= 0.3 is 0 Å². The summed E-state index contributed by atoms with van der Waals surface area (Å²) < 4.78 is 0. The van der Waals surface area contributed by atoms with Crippen LogP contribution in [0.5, 0.6) is 0 Å². The second-order valence-corrected chi connectivity index (χ2v) is 4.24. The van der Waals surface area contributed by atoms with Crippen molar-refractivity contribution in [3.63, 3.8) is 0 Å². The second-order valence-electron chi connectivity index (χ2n) is 4.24. The molecule has 0 saturated heterocycles. The van der Waals surface area contributed by atoms with Gasteiger partial charge in [-0.2, -0.15) is 0 Å². The molecule has 2 aromatic rings. The van der Waals surface area contributed by atoms with E-state index in [0.717, 1.165) is 42.3 Å². The summed E-state index contributed by atoms with van der Waals surface area (Å²) in [6.45, 7) is 5.93. The van der Waals surface area contributed by atoms with Gasteiger partial charge in [-0.1, -0.05) is 6.92 Å². The summed E-state index contributed by atoms with van der Waals surface area (Å²) in [5.74, 6) is 0.747. The van der Waals surface area contributed by atoms with Crippen LogP contribution in [0.15, 0.2) is 30.6 Å². The molecule has 0 bridgehead atoms. The fraction of sp³-hybridized carbons (Fsp3) is 0.357. The largest absolute Gasteiger partial charge is 0.311 e. The van der Waals surface area contributed by atoms with Crippen LogP contribution in [0.25, 0.3) is 11.4 Å². The Morgan fingerprint density at radius 1 is 1.28 bits per heavy atom. The third-order valence-electron chi connectivity index (χ3n) is 2.56. The molecule has 4 nitrogen and oxygen atoms in total. The number of hydrogen-bond acceptors (Lipinski definition) is 4. The standard InChI is InChI=1S/C14H18N4/c1-3-6-15-10-13-8-11(2)17-14(18-13)12-5-4-7-16-9-12/h4-5,7-9,15H,3,6,10H2,1-2H3. The van der Waals surface area contributed by atoms with Crippen molar-refractivity contribution in [3.8, 4) is 11.4 Å². The zero-order chi connectivity index (χ0) is 12.8. The molecule has 0 aliphatic carbocycles. The van der Waals surface area contributed by atoms with Gasteiger partial charge in [-0.3, -0.25) is 4.98 Å². The molecule has 0 unspecified atom stereocenters. The Hall–Kier alpha value is -1.81. The molecule has 2 aromatic heterocycles. The summed E-state index contributed by atoms with van der Waals surface area (Å²) >= 11 is 0. The predicted octanol–water partition coefficient (Wildman–Crippen LogP) is 2.35. The van der Waals surface area contributed by atoms with Crippen LogP contribution in [0, 0.1) is 6.92 Å². The van der Waals surface area contributed by atoms with Crippen LogP contribution >= 0.6 is 0 Å². The second kappa shape index (κ2) is 6.21. The van der Waals surface area contributed by atoms with Gasteiger partial charge in [0.25, 0.3) is 0 Å². The van der Waals surface area contributed by atoms with E-state index in [2.05, 4.69) is 27.2 Å². The number of pyridine rings is 1. The Morgan fingerprint density at radius 3 is 2.89 bits per heavy atom. The van der Waals surface area contributed by atoms with Crippen molar-refractivity contribution >= 4 is 0 Å². The van der Waals surface area contributed by atoms with Gasteiger partial charge in [0, 0.05) is 30.2 Å². The molecule has 0 atom stereocenters. The van der Waals surface area contributed by atoms with E-state index in [9.17, 15) is 0 Å². The first-order chi connectivity index (χ1) is 8.79. The first-order valence-electron chi connectivity index (χ1n) is 6.25. The molecular formula is C14H18N4. The Labute approximate surface area is 108 Å². The average molecular weight is 242 g/mol. The van der Waals surface area contributed by atoms with Gasteiger partial charge in [0.1, 0.15) is 0 Å². The molecule has 18 heavy (non-hydrogen) atoms. The van der Waals surface area contributed by atoms with Crippen molar-refractivity contribution in [1.29, 1.82) is 0 Å². The number of aromatic nitrogens is 3. The molecular weight excluding hydrogens is 224 g/mol. The van der Waals surface area contributed by atoms with E-state index in [1.54, 1.807) is 12.4 Å². The fourth-order valence-corrected chi connectivity index (χ4v) is 1.74. The Balaban J connectivity index is 2.21. The smallest absolute Gasteiger partial charge is 0.161 e. The molecule has 0 fully saturated rings. The van der Waals surface area contributed by atoms with Crippen LogP contribution in [0.3, 0.4) is 0 Å². The van der Waals surface area contributed by atoms with E-state index < -0.39 is 0 Å². The third kappa shape index (κ3) is 3.34. The molecule has 2 rings (SSSR count). The molecule has 94 valence electrons. The highest BCUT2D eigenvalue weighted by molar-refractivity contribution is 5.53. The van der Waals surface area contributed by atoms with Crippen molar-refractivity contribution in [2.45, 2.75) is 26.8 Å². The zero-order valence-corrected chi connectivity index (χ0v) is 10.8. The maximum absolute atomic E-state index is 4.56. The van der Waals surface area contributed by atoms with Crippen molar-refractivity contribution < 1.29 is 0 Å². The quantitative estimate of drug-likeness (QED) is 0.818. The maximum Gasteiger partial charge on any atom is 0.161 e. The lowest BCUT2D eigenvalue weighted by Gasteiger charge is -2.06. The molecule has 2 heterocycles. The van der Waals surface area contributed by atoms with Crippen LogP contribution in [0.1, 0.15) is 24.7 Å². The highest BCUT2D eigenvalue weighted by Gasteiger charge is 2.04.